The number of nitrogens with one attached hydrogen (secondary N) is 1. The van der Waals surface area contributed by atoms with Crippen LogP contribution in [0.25, 0.3) is 0 Å². The second kappa shape index (κ2) is 6.56. The zero-order valence-corrected chi connectivity index (χ0v) is 9.24. The molecule has 0 aliphatic carbocycles. The molecule has 1 rings (SSSR count). The summed E-state index contributed by atoms with van der Waals surface area (Å²) in [5, 5.41) is 12.0. The van der Waals surface area contributed by atoms with E-state index in [-0.39, 0.29) is 12.6 Å². The first kappa shape index (κ1) is 12.2. The maximum absolute atomic E-state index is 8.73. The number of aryl methyl sites for hydroxylation is 1. The Kier molecular flexibility index (Phi) is 5.32. The van der Waals surface area contributed by atoms with Gasteiger partial charge in [0.15, 0.2) is 0 Å². The number of nitrogens with two attached hydrogens (primary N) is 1. The Morgan fingerprint density at radius 2 is 2.13 bits per heavy atom. The van der Waals surface area contributed by atoms with Crippen LogP contribution in [0.5, 0.6) is 0 Å². The molecule has 15 heavy (non-hydrogen) atoms. The molecule has 1 atom stereocenters. The summed E-state index contributed by atoms with van der Waals surface area (Å²) < 4.78 is 0. The Morgan fingerprint density at radius 1 is 1.40 bits per heavy atom. The van der Waals surface area contributed by atoms with E-state index in [1.54, 1.807) is 0 Å². The summed E-state index contributed by atoms with van der Waals surface area (Å²) in [5.41, 5.74) is 8.26. The molecule has 4 N–H and O–H groups in total. The van der Waals surface area contributed by atoms with Gasteiger partial charge in [-0.15, -0.1) is 0 Å². The van der Waals surface area contributed by atoms with E-state index in [9.17, 15) is 0 Å². The average Bonchev–Trinajstić information content (AvgIpc) is 2.26. The summed E-state index contributed by atoms with van der Waals surface area (Å²) in [5.74, 6) is 0. The Morgan fingerprint density at radius 3 is 2.80 bits per heavy atom. The fraction of sp³-hybridized carbons (Fsp3) is 0.500. The lowest BCUT2D eigenvalue weighted by molar-refractivity contribution is 0.262. The van der Waals surface area contributed by atoms with Crippen molar-refractivity contribution in [1.82, 2.24) is 5.32 Å². The van der Waals surface area contributed by atoms with E-state index < -0.39 is 0 Å². The molecule has 0 aromatic heterocycles. The van der Waals surface area contributed by atoms with Gasteiger partial charge in [0.1, 0.15) is 0 Å². The number of aliphatic hydroxyl groups excluding tert-OH is 1. The normalized spacial score (nSPS) is 12.7. The summed E-state index contributed by atoms with van der Waals surface area (Å²) in [6, 6.07) is 8.22. The highest BCUT2D eigenvalue weighted by Crippen LogP contribution is 2.06. The second-order valence-electron chi connectivity index (χ2n) is 3.82. The Labute approximate surface area is 91.3 Å². The van der Waals surface area contributed by atoms with Crippen LogP contribution < -0.4 is 11.1 Å². The first-order valence-electron chi connectivity index (χ1n) is 5.35. The first-order chi connectivity index (χ1) is 7.24. The van der Waals surface area contributed by atoms with E-state index >= 15 is 0 Å². The van der Waals surface area contributed by atoms with E-state index in [2.05, 4.69) is 30.4 Å². The van der Waals surface area contributed by atoms with E-state index in [0.29, 0.717) is 6.54 Å². The zero-order chi connectivity index (χ0) is 11.1. The molecule has 0 bridgehead atoms. The molecule has 0 aliphatic rings. The van der Waals surface area contributed by atoms with Gasteiger partial charge in [0, 0.05) is 12.6 Å². The molecule has 1 aromatic rings. The first-order valence-corrected chi connectivity index (χ1v) is 5.35. The quantitative estimate of drug-likeness (QED) is 0.595. The lowest BCUT2D eigenvalue weighted by atomic mass is 10.1. The van der Waals surface area contributed by atoms with Crippen molar-refractivity contribution in [3.8, 4) is 0 Å². The van der Waals surface area contributed by atoms with Gasteiger partial charge in [0.2, 0.25) is 0 Å². The van der Waals surface area contributed by atoms with Crippen molar-refractivity contribution in [2.24, 2.45) is 5.73 Å². The highest BCUT2D eigenvalue weighted by molar-refractivity contribution is 5.25. The van der Waals surface area contributed by atoms with Crippen molar-refractivity contribution in [3.05, 3.63) is 35.4 Å². The Balaban J connectivity index is 2.23. The van der Waals surface area contributed by atoms with Gasteiger partial charge < -0.3 is 16.2 Å². The molecule has 0 fully saturated rings. The van der Waals surface area contributed by atoms with E-state index in [1.165, 1.54) is 11.1 Å². The Bertz CT molecular complexity index is 289. The predicted molar refractivity (Wildman–Crippen MR) is 62.8 cm³/mol. The number of aliphatic hydroxyl groups is 1. The van der Waals surface area contributed by atoms with Crippen LogP contribution in [0.15, 0.2) is 24.3 Å². The van der Waals surface area contributed by atoms with Gasteiger partial charge >= 0.3 is 0 Å². The summed E-state index contributed by atoms with van der Waals surface area (Å²) in [6.45, 7) is 3.73. The van der Waals surface area contributed by atoms with Gasteiger partial charge in [0.05, 0.1) is 6.61 Å². The third-order valence-electron chi connectivity index (χ3n) is 2.47. The molecular formula is C12H20N2O. The van der Waals surface area contributed by atoms with Crippen LogP contribution in [0.2, 0.25) is 0 Å². The summed E-state index contributed by atoms with van der Waals surface area (Å²) >= 11 is 0. The fourth-order valence-electron chi connectivity index (χ4n) is 1.47. The SMILES string of the molecule is Cc1ccccc1CCNCC(N)CO. The monoisotopic (exact) mass is 208 g/mol. The number of rotatable bonds is 6. The van der Waals surface area contributed by atoms with Gasteiger partial charge in [-0.1, -0.05) is 24.3 Å². The molecule has 0 saturated heterocycles. The highest BCUT2D eigenvalue weighted by atomic mass is 16.3. The second-order valence-corrected chi connectivity index (χ2v) is 3.82. The molecule has 3 heteroatoms. The third-order valence-corrected chi connectivity index (χ3v) is 2.47. The largest absolute Gasteiger partial charge is 0.395 e. The summed E-state index contributed by atoms with van der Waals surface area (Å²) in [6.07, 6.45) is 1.00. The van der Waals surface area contributed by atoms with Crippen LogP contribution in [0.3, 0.4) is 0 Å². The van der Waals surface area contributed by atoms with Crippen molar-refractivity contribution in [1.29, 1.82) is 0 Å². The van der Waals surface area contributed by atoms with Gasteiger partial charge in [-0.25, -0.2) is 0 Å². The minimum absolute atomic E-state index is 0.0391. The van der Waals surface area contributed by atoms with Crippen LogP contribution in [-0.4, -0.2) is 30.8 Å². The van der Waals surface area contributed by atoms with Crippen LogP contribution >= 0.6 is 0 Å². The lowest BCUT2D eigenvalue weighted by Crippen LogP contribution is -2.37. The average molecular weight is 208 g/mol. The molecule has 3 nitrogen and oxygen atoms in total. The van der Waals surface area contributed by atoms with Gasteiger partial charge in [-0.2, -0.15) is 0 Å². The fourth-order valence-corrected chi connectivity index (χ4v) is 1.47. The van der Waals surface area contributed by atoms with Crippen LogP contribution in [0.1, 0.15) is 11.1 Å². The van der Waals surface area contributed by atoms with E-state index in [4.69, 9.17) is 10.8 Å². The summed E-state index contributed by atoms with van der Waals surface area (Å²) in [7, 11) is 0. The van der Waals surface area contributed by atoms with Crippen molar-refractivity contribution < 1.29 is 5.11 Å². The number of hydrogen-bond acceptors (Lipinski definition) is 3. The molecule has 1 unspecified atom stereocenters. The highest BCUT2D eigenvalue weighted by Gasteiger charge is 1.99. The molecule has 0 aliphatic heterocycles. The van der Waals surface area contributed by atoms with Gasteiger partial charge in [0.25, 0.3) is 0 Å². The van der Waals surface area contributed by atoms with Crippen molar-refractivity contribution >= 4 is 0 Å². The molecular weight excluding hydrogens is 188 g/mol. The standard InChI is InChI=1S/C12H20N2O/c1-10-4-2-3-5-11(10)6-7-14-8-12(13)9-15/h2-5,12,14-15H,6-9,13H2,1H3. The van der Waals surface area contributed by atoms with E-state index in [0.717, 1.165) is 13.0 Å². The van der Waals surface area contributed by atoms with Crippen LogP contribution in [0, 0.1) is 6.92 Å². The summed E-state index contributed by atoms with van der Waals surface area (Å²) in [4.78, 5) is 0. The molecule has 0 radical (unpaired) electrons. The Hall–Kier alpha value is -0.900. The van der Waals surface area contributed by atoms with Gasteiger partial charge in [-0.05, 0) is 31.0 Å². The minimum atomic E-state index is -0.151. The molecule has 84 valence electrons. The smallest absolute Gasteiger partial charge is 0.0594 e. The lowest BCUT2D eigenvalue weighted by Gasteiger charge is -2.10. The topological polar surface area (TPSA) is 58.3 Å². The number of hydrogen-bond donors (Lipinski definition) is 3. The van der Waals surface area contributed by atoms with Crippen LogP contribution in [-0.2, 0) is 6.42 Å². The third kappa shape index (κ3) is 4.42. The maximum Gasteiger partial charge on any atom is 0.0594 e. The van der Waals surface area contributed by atoms with Crippen molar-refractivity contribution in [3.63, 3.8) is 0 Å². The molecule has 0 amide bonds. The molecule has 1 aromatic carbocycles. The maximum atomic E-state index is 8.73. The van der Waals surface area contributed by atoms with Crippen LogP contribution in [0.4, 0.5) is 0 Å². The zero-order valence-electron chi connectivity index (χ0n) is 9.24. The molecule has 0 heterocycles. The minimum Gasteiger partial charge on any atom is -0.395 e. The molecule has 0 saturated carbocycles. The van der Waals surface area contributed by atoms with E-state index in [1.807, 2.05) is 6.07 Å². The van der Waals surface area contributed by atoms with Crippen molar-refractivity contribution in [2.75, 3.05) is 19.7 Å². The number of benzene rings is 1. The predicted octanol–water partition coefficient (Wildman–Crippen LogP) is 0.447. The van der Waals surface area contributed by atoms with Crippen molar-refractivity contribution in [2.45, 2.75) is 19.4 Å². The van der Waals surface area contributed by atoms with Gasteiger partial charge in [-0.3, -0.25) is 0 Å². The molecule has 0 spiro atoms.